The van der Waals surface area contributed by atoms with Gasteiger partial charge in [0.15, 0.2) is 22.1 Å². The van der Waals surface area contributed by atoms with Gasteiger partial charge in [0.05, 0.1) is 21.8 Å². The molecule has 0 saturated carbocycles. The summed E-state index contributed by atoms with van der Waals surface area (Å²) in [6, 6.07) is 60.5. The molecule has 0 N–H and O–H groups in total. The smallest absolute Gasteiger partial charge is 0.316 e. The van der Waals surface area contributed by atoms with Crippen LogP contribution in [0.4, 0.5) is 0 Å². The molecule has 1 atom stereocenters. The van der Waals surface area contributed by atoms with E-state index >= 15 is 0 Å². The molecule has 3 aliphatic rings. The maximum absolute atomic E-state index is 7.13. The molecular formula is C51H27N5O+2. The van der Waals surface area contributed by atoms with Crippen LogP contribution in [0.2, 0.25) is 0 Å². The minimum absolute atomic E-state index is 0.741. The van der Waals surface area contributed by atoms with Gasteiger partial charge in [-0.1, -0.05) is 78.9 Å². The van der Waals surface area contributed by atoms with Crippen molar-refractivity contribution in [2.45, 2.75) is 5.66 Å². The SMILES string of the molecule is c1ccc(-n2c3ccccc3c3cc4c5ccc6c7c5c5n(c4cc32)c2ccccc2[n+]5C72c3c(ccc4c5ccccc5n5c7ccccc7[n+]2c5c34)O6)cc1. The molecule has 1 spiro atoms. The molecule has 16 rings (SSSR count). The molecule has 5 aromatic heterocycles. The number of benzene rings is 8. The van der Waals surface area contributed by atoms with Crippen LogP contribution < -0.4 is 13.9 Å². The van der Waals surface area contributed by atoms with E-state index in [4.69, 9.17) is 4.74 Å². The number of ether oxygens (including phenoxy) is 1. The second kappa shape index (κ2) is 8.88. The normalized spacial score (nSPS) is 16.3. The highest BCUT2D eigenvalue weighted by Gasteiger charge is 2.67. The third-order valence-corrected chi connectivity index (χ3v) is 13.7. The predicted octanol–water partition coefficient (Wildman–Crippen LogP) is 10.8. The summed E-state index contributed by atoms with van der Waals surface area (Å²) >= 11 is 0. The Morgan fingerprint density at radius 3 is 1.56 bits per heavy atom. The molecule has 8 heterocycles. The molecule has 57 heavy (non-hydrogen) atoms. The summed E-state index contributed by atoms with van der Waals surface area (Å²) in [5.74, 6) is 1.83. The second-order valence-corrected chi connectivity index (χ2v) is 16.1. The van der Waals surface area contributed by atoms with E-state index in [-0.39, 0.29) is 0 Å². The van der Waals surface area contributed by atoms with Crippen LogP contribution in [-0.4, -0.2) is 13.4 Å². The molecule has 0 amide bonds. The molecule has 1 unspecified atom stereocenters. The van der Waals surface area contributed by atoms with E-state index in [0.29, 0.717) is 0 Å². The Balaban J connectivity index is 1.20. The highest BCUT2D eigenvalue weighted by atomic mass is 16.5. The number of aromatic nitrogens is 5. The molecular weight excluding hydrogens is 699 g/mol. The lowest BCUT2D eigenvalue weighted by atomic mass is 9.84. The lowest BCUT2D eigenvalue weighted by Crippen LogP contribution is -2.71. The van der Waals surface area contributed by atoms with Crippen LogP contribution in [-0.2, 0) is 5.66 Å². The fourth-order valence-corrected chi connectivity index (χ4v) is 11.8. The largest absolute Gasteiger partial charge is 0.456 e. The molecule has 0 radical (unpaired) electrons. The zero-order valence-electron chi connectivity index (χ0n) is 30.2. The molecule has 0 aliphatic carbocycles. The van der Waals surface area contributed by atoms with Crippen molar-refractivity contribution >= 4 is 98.5 Å². The van der Waals surface area contributed by atoms with Crippen molar-refractivity contribution in [1.82, 2.24) is 13.4 Å². The van der Waals surface area contributed by atoms with Crippen molar-refractivity contribution in [1.29, 1.82) is 0 Å². The van der Waals surface area contributed by atoms with Crippen LogP contribution in [0.1, 0.15) is 11.1 Å². The van der Waals surface area contributed by atoms with Crippen molar-refractivity contribution in [3.05, 3.63) is 175 Å². The Kier molecular flexibility index (Phi) is 4.33. The number of fused-ring (bicyclic) bond motifs is 15. The minimum Gasteiger partial charge on any atom is -0.456 e. The molecule has 0 fully saturated rings. The molecule has 260 valence electrons. The van der Waals surface area contributed by atoms with E-state index in [1.54, 1.807) is 0 Å². The standard InChI is InChI=1S/C51H27N5O/c1-2-12-28(13-3-1)52-35-16-6-5-15-30(35)33-26-34-32-23-25-44-48-46(32)50-54(42(34)27-41(33)52)38-19-9-11-21-40(38)56(50)51(48)47-43(57-44)24-22-31-29-14-4-7-17-36(29)53-37-18-8-10-20-39(37)55(51)49(53)45(31)47/h1-27H/q+2. The van der Waals surface area contributed by atoms with E-state index in [2.05, 4.69) is 186 Å². The summed E-state index contributed by atoms with van der Waals surface area (Å²) in [6.07, 6.45) is 0. The van der Waals surface area contributed by atoms with Gasteiger partial charge in [-0.3, -0.25) is 0 Å². The van der Waals surface area contributed by atoms with Crippen molar-refractivity contribution in [3.8, 4) is 17.2 Å². The summed E-state index contributed by atoms with van der Waals surface area (Å²) in [5, 5.41) is 9.97. The molecule has 0 bridgehead atoms. The first kappa shape index (κ1) is 27.8. The van der Waals surface area contributed by atoms with Crippen LogP contribution in [0.25, 0.3) is 104 Å². The van der Waals surface area contributed by atoms with E-state index in [1.165, 1.54) is 110 Å². The average Bonchev–Trinajstić information content (AvgIpc) is 4.05. The highest BCUT2D eigenvalue weighted by molar-refractivity contribution is 6.23. The quantitative estimate of drug-likeness (QED) is 0.122. The van der Waals surface area contributed by atoms with E-state index < -0.39 is 5.66 Å². The average molecular weight is 726 g/mol. The predicted molar refractivity (Wildman–Crippen MR) is 226 cm³/mol. The van der Waals surface area contributed by atoms with Gasteiger partial charge in [-0.05, 0) is 78.9 Å². The summed E-state index contributed by atoms with van der Waals surface area (Å²) in [4.78, 5) is 0. The Bertz CT molecular complexity index is 4130. The molecule has 13 aromatic rings. The molecule has 3 aliphatic heterocycles. The van der Waals surface area contributed by atoms with Crippen LogP contribution in [0.15, 0.2) is 164 Å². The van der Waals surface area contributed by atoms with E-state index in [1.807, 2.05) is 0 Å². The Morgan fingerprint density at radius 2 is 0.895 bits per heavy atom. The third-order valence-electron chi connectivity index (χ3n) is 13.7. The van der Waals surface area contributed by atoms with Gasteiger partial charge in [0.25, 0.3) is 0 Å². The van der Waals surface area contributed by atoms with Gasteiger partial charge in [0.2, 0.25) is 0 Å². The second-order valence-electron chi connectivity index (χ2n) is 16.1. The van der Waals surface area contributed by atoms with Gasteiger partial charge in [-0.2, -0.15) is 17.9 Å². The van der Waals surface area contributed by atoms with Gasteiger partial charge >= 0.3 is 17.0 Å². The molecule has 6 heteroatoms. The molecule has 8 aromatic carbocycles. The van der Waals surface area contributed by atoms with Gasteiger partial charge < -0.3 is 9.30 Å². The molecule has 6 nitrogen and oxygen atoms in total. The van der Waals surface area contributed by atoms with E-state index in [0.717, 1.165) is 17.2 Å². The highest BCUT2D eigenvalue weighted by Crippen LogP contribution is 2.59. The van der Waals surface area contributed by atoms with Crippen LogP contribution >= 0.6 is 0 Å². The van der Waals surface area contributed by atoms with Gasteiger partial charge in [0, 0.05) is 44.1 Å². The number of pyridine rings is 2. The Hall–Kier alpha value is -7.70. The van der Waals surface area contributed by atoms with Crippen molar-refractivity contribution in [2.24, 2.45) is 0 Å². The first-order valence-electron chi connectivity index (χ1n) is 19.7. The van der Waals surface area contributed by atoms with Crippen LogP contribution in [0.3, 0.4) is 0 Å². The fourth-order valence-electron chi connectivity index (χ4n) is 11.8. The van der Waals surface area contributed by atoms with Gasteiger partial charge in [0.1, 0.15) is 33.7 Å². The zero-order valence-corrected chi connectivity index (χ0v) is 30.2. The van der Waals surface area contributed by atoms with E-state index in [9.17, 15) is 0 Å². The number of nitrogens with zero attached hydrogens (tertiary/aromatic N) is 5. The van der Waals surface area contributed by atoms with Crippen LogP contribution in [0.5, 0.6) is 11.5 Å². The molecule has 0 saturated heterocycles. The Labute approximate surface area is 322 Å². The third kappa shape index (κ3) is 2.74. The van der Waals surface area contributed by atoms with Crippen molar-refractivity contribution < 1.29 is 13.9 Å². The first-order chi connectivity index (χ1) is 28.3. The van der Waals surface area contributed by atoms with Crippen molar-refractivity contribution in [3.63, 3.8) is 0 Å². The monoisotopic (exact) mass is 725 g/mol. The summed E-state index contributed by atoms with van der Waals surface area (Å²) in [6.45, 7) is 0. The first-order valence-corrected chi connectivity index (χ1v) is 19.7. The lowest BCUT2D eigenvalue weighted by molar-refractivity contribution is -0.923. The van der Waals surface area contributed by atoms with Crippen LogP contribution in [0, 0.1) is 0 Å². The number of imidazole rings is 2. The number of para-hydroxylation sites is 7. The topological polar surface area (TPSA) is 30.7 Å². The Morgan fingerprint density at radius 1 is 0.386 bits per heavy atom. The summed E-state index contributed by atoms with van der Waals surface area (Å²) < 4.78 is 20.0. The lowest BCUT2D eigenvalue weighted by Gasteiger charge is -2.31. The zero-order chi connectivity index (χ0) is 36.5. The van der Waals surface area contributed by atoms with Gasteiger partial charge in [-0.15, -0.1) is 0 Å². The fraction of sp³-hybridized carbons (Fsp3) is 0.0196. The maximum Gasteiger partial charge on any atom is 0.316 e. The number of hydrogen-bond donors (Lipinski definition) is 0. The van der Waals surface area contributed by atoms with Crippen molar-refractivity contribution in [2.75, 3.05) is 0 Å². The summed E-state index contributed by atoms with van der Waals surface area (Å²) in [7, 11) is 0. The number of rotatable bonds is 1. The number of hydrogen-bond acceptors (Lipinski definition) is 1. The minimum atomic E-state index is -0.741. The summed E-state index contributed by atoms with van der Waals surface area (Å²) in [5.41, 5.74) is 14.8. The maximum atomic E-state index is 7.13. The van der Waals surface area contributed by atoms with Gasteiger partial charge in [-0.25, -0.2) is 0 Å².